The van der Waals surface area contributed by atoms with Crippen molar-refractivity contribution in [2.45, 2.75) is 50.6 Å². The van der Waals surface area contributed by atoms with E-state index < -0.39 is 6.04 Å². The maximum Gasteiger partial charge on any atom is 0.237 e. The Morgan fingerprint density at radius 3 is 2.82 bits per heavy atom. The Bertz CT molecular complexity index is 764. The molecular formula is C21H32Cl2N4O. The monoisotopic (exact) mass is 426 g/mol. The minimum Gasteiger partial charge on any atom is -0.361 e. The molecule has 2 saturated heterocycles. The molecule has 2 fully saturated rings. The molecule has 28 heavy (non-hydrogen) atoms. The van der Waals surface area contributed by atoms with Crippen LogP contribution < -0.4 is 11.1 Å². The number of nitrogens with one attached hydrogen (secondary N) is 2. The van der Waals surface area contributed by atoms with Gasteiger partial charge in [-0.1, -0.05) is 24.6 Å². The number of hydrogen-bond acceptors (Lipinski definition) is 3. The van der Waals surface area contributed by atoms with Gasteiger partial charge in [0.2, 0.25) is 5.91 Å². The summed E-state index contributed by atoms with van der Waals surface area (Å²) in [5.74, 6) is 0.552. The standard InChI is InChI=1S/C21H30N4O.2ClH/c22-18(12-16-14-23-19-8-2-1-7-17(16)19)21(26)24-13-15-6-5-11-25-10-4-3-9-20(15)25;;/h1-2,7-8,14-15,18,20,23H,3-6,9-13,22H2,(H,24,26);2*1H/t15-,18-,20+;;/m0../s1. The van der Waals surface area contributed by atoms with Gasteiger partial charge in [-0.15, -0.1) is 24.8 Å². The summed E-state index contributed by atoms with van der Waals surface area (Å²) in [6, 6.07) is 8.30. The molecule has 2 aromatic rings. The van der Waals surface area contributed by atoms with Gasteiger partial charge in [-0.3, -0.25) is 4.79 Å². The number of hydrogen-bond donors (Lipinski definition) is 3. The number of para-hydroxylation sites is 1. The quantitative estimate of drug-likeness (QED) is 0.686. The molecule has 4 N–H and O–H groups in total. The second kappa shape index (κ2) is 10.5. The zero-order valence-electron chi connectivity index (χ0n) is 16.2. The van der Waals surface area contributed by atoms with E-state index in [0.29, 0.717) is 18.4 Å². The van der Waals surface area contributed by atoms with Crippen LogP contribution in [0.4, 0.5) is 0 Å². The number of fused-ring (bicyclic) bond motifs is 2. The van der Waals surface area contributed by atoms with Crippen molar-refractivity contribution in [3.05, 3.63) is 36.0 Å². The largest absolute Gasteiger partial charge is 0.361 e. The summed E-state index contributed by atoms with van der Waals surface area (Å²) in [6.07, 6.45) is 8.94. The number of nitrogens with two attached hydrogens (primary N) is 1. The van der Waals surface area contributed by atoms with Crippen molar-refractivity contribution >= 4 is 41.6 Å². The van der Waals surface area contributed by atoms with Crippen LogP contribution in [-0.4, -0.2) is 47.5 Å². The molecule has 0 spiro atoms. The molecule has 1 amide bonds. The predicted molar refractivity (Wildman–Crippen MR) is 119 cm³/mol. The van der Waals surface area contributed by atoms with E-state index in [1.807, 2.05) is 24.4 Å². The second-order valence-corrected chi connectivity index (χ2v) is 7.92. The third-order valence-corrected chi connectivity index (χ3v) is 6.22. The van der Waals surface area contributed by atoms with Crippen molar-refractivity contribution in [2.24, 2.45) is 11.7 Å². The molecule has 0 unspecified atom stereocenters. The van der Waals surface area contributed by atoms with Crippen molar-refractivity contribution in [3.63, 3.8) is 0 Å². The molecule has 2 aliphatic rings. The first kappa shape index (κ1) is 23.0. The zero-order valence-corrected chi connectivity index (χ0v) is 17.9. The minimum atomic E-state index is -0.500. The van der Waals surface area contributed by atoms with Gasteiger partial charge in [-0.25, -0.2) is 0 Å². The maximum atomic E-state index is 12.5. The number of H-pyrrole nitrogens is 1. The molecule has 5 nitrogen and oxygen atoms in total. The Labute approximate surface area is 179 Å². The number of carbonyl (C=O) groups excluding carboxylic acids is 1. The van der Waals surface area contributed by atoms with Crippen molar-refractivity contribution in [1.82, 2.24) is 15.2 Å². The number of rotatable bonds is 5. The second-order valence-electron chi connectivity index (χ2n) is 7.92. The number of nitrogens with zero attached hydrogens (tertiary/aromatic N) is 1. The van der Waals surface area contributed by atoms with Crippen LogP contribution in [0.25, 0.3) is 10.9 Å². The Kier molecular flexibility index (Phi) is 8.62. The number of halogens is 2. The van der Waals surface area contributed by atoms with Crippen LogP contribution in [0.15, 0.2) is 30.5 Å². The van der Waals surface area contributed by atoms with Gasteiger partial charge in [0.15, 0.2) is 0 Å². The predicted octanol–water partition coefficient (Wildman–Crippen LogP) is 3.26. The summed E-state index contributed by atoms with van der Waals surface area (Å²) >= 11 is 0. The normalized spacial score (nSPS) is 23.2. The summed E-state index contributed by atoms with van der Waals surface area (Å²) in [6.45, 7) is 3.23. The number of benzene rings is 1. The maximum absolute atomic E-state index is 12.5. The van der Waals surface area contributed by atoms with E-state index in [4.69, 9.17) is 5.73 Å². The van der Waals surface area contributed by atoms with Crippen LogP contribution in [0.1, 0.15) is 37.7 Å². The Morgan fingerprint density at radius 2 is 1.96 bits per heavy atom. The van der Waals surface area contributed by atoms with Gasteiger partial charge in [0.05, 0.1) is 6.04 Å². The van der Waals surface area contributed by atoms with E-state index in [-0.39, 0.29) is 30.7 Å². The van der Waals surface area contributed by atoms with Crippen LogP contribution >= 0.6 is 24.8 Å². The fourth-order valence-corrected chi connectivity index (χ4v) is 4.81. The van der Waals surface area contributed by atoms with Crippen molar-refractivity contribution in [3.8, 4) is 0 Å². The van der Waals surface area contributed by atoms with Gasteiger partial charge in [0.1, 0.15) is 0 Å². The zero-order chi connectivity index (χ0) is 17.9. The van der Waals surface area contributed by atoms with Crippen LogP contribution in [0.2, 0.25) is 0 Å². The highest BCUT2D eigenvalue weighted by Gasteiger charge is 2.33. The molecule has 0 saturated carbocycles. The van der Waals surface area contributed by atoms with Crippen molar-refractivity contribution in [2.75, 3.05) is 19.6 Å². The molecule has 0 radical (unpaired) electrons. The number of aromatic amines is 1. The van der Waals surface area contributed by atoms with E-state index in [0.717, 1.165) is 23.0 Å². The van der Waals surface area contributed by atoms with Crippen molar-refractivity contribution < 1.29 is 4.79 Å². The van der Waals surface area contributed by atoms with Gasteiger partial charge in [0, 0.05) is 29.7 Å². The van der Waals surface area contributed by atoms with E-state index in [1.165, 1.54) is 45.2 Å². The Hall–Kier alpha value is -1.27. The molecule has 2 aliphatic heterocycles. The molecule has 4 rings (SSSR count). The fraction of sp³-hybridized carbons (Fsp3) is 0.571. The lowest BCUT2D eigenvalue weighted by atomic mass is 9.83. The van der Waals surface area contributed by atoms with Gasteiger partial charge in [-0.05, 0) is 62.7 Å². The van der Waals surface area contributed by atoms with E-state index in [2.05, 4.69) is 21.3 Å². The SMILES string of the molecule is Cl.Cl.N[C@@H](Cc1c[nH]c2ccccc12)C(=O)NC[C@@H]1CCCN2CCCC[C@H]12. The highest BCUT2D eigenvalue weighted by molar-refractivity contribution is 5.86. The number of aromatic nitrogens is 1. The molecule has 0 aliphatic carbocycles. The Morgan fingerprint density at radius 1 is 1.18 bits per heavy atom. The van der Waals surface area contributed by atoms with Crippen LogP contribution in [-0.2, 0) is 11.2 Å². The first-order chi connectivity index (χ1) is 12.7. The summed E-state index contributed by atoms with van der Waals surface area (Å²) < 4.78 is 0. The van der Waals surface area contributed by atoms with E-state index in [1.54, 1.807) is 0 Å². The van der Waals surface area contributed by atoms with Gasteiger partial charge in [0.25, 0.3) is 0 Å². The third kappa shape index (κ3) is 5.01. The third-order valence-electron chi connectivity index (χ3n) is 6.22. The molecular weight excluding hydrogens is 395 g/mol. The molecule has 7 heteroatoms. The van der Waals surface area contributed by atoms with Crippen LogP contribution in [0.3, 0.4) is 0 Å². The first-order valence-electron chi connectivity index (χ1n) is 10.0. The highest BCUT2D eigenvalue weighted by atomic mass is 35.5. The van der Waals surface area contributed by atoms with Crippen LogP contribution in [0, 0.1) is 5.92 Å². The summed E-state index contributed by atoms with van der Waals surface area (Å²) in [7, 11) is 0. The van der Waals surface area contributed by atoms with E-state index in [9.17, 15) is 4.79 Å². The Balaban J connectivity index is 0.00000140. The molecule has 156 valence electrons. The number of carbonyl (C=O) groups is 1. The summed E-state index contributed by atoms with van der Waals surface area (Å²) in [4.78, 5) is 18.4. The topological polar surface area (TPSA) is 74.1 Å². The minimum absolute atomic E-state index is 0. The molecule has 1 aromatic carbocycles. The van der Waals surface area contributed by atoms with Gasteiger partial charge < -0.3 is 20.9 Å². The summed E-state index contributed by atoms with van der Waals surface area (Å²) in [5, 5.41) is 4.30. The lowest BCUT2D eigenvalue weighted by Gasteiger charge is -2.44. The molecule has 0 bridgehead atoms. The highest BCUT2D eigenvalue weighted by Crippen LogP contribution is 2.30. The lowest BCUT2D eigenvalue weighted by Crippen LogP contribution is -2.52. The smallest absolute Gasteiger partial charge is 0.237 e. The van der Waals surface area contributed by atoms with Crippen LogP contribution in [0.5, 0.6) is 0 Å². The first-order valence-corrected chi connectivity index (χ1v) is 10.0. The molecule has 1 aromatic heterocycles. The average Bonchev–Trinajstić information content (AvgIpc) is 3.09. The van der Waals surface area contributed by atoms with Gasteiger partial charge in [-0.2, -0.15) is 0 Å². The average molecular weight is 427 g/mol. The fourth-order valence-electron chi connectivity index (χ4n) is 4.81. The number of piperidine rings is 2. The van der Waals surface area contributed by atoms with Crippen molar-refractivity contribution in [1.29, 1.82) is 0 Å². The summed E-state index contributed by atoms with van der Waals surface area (Å²) in [5.41, 5.74) is 8.41. The lowest BCUT2D eigenvalue weighted by molar-refractivity contribution is -0.122. The molecule has 3 atom stereocenters. The molecule has 3 heterocycles. The number of amides is 1. The van der Waals surface area contributed by atoms with E-state index >= 15 is 0 Å². The van der Waals surface area contributed by atoms with Gasteiger partial charge >= 0.3 is 0 Å².